The SMILES string of the molecule is Cc1ccc2c(c1)CCCN2c1cc(Br)nc(C)n1. The summed E-state index contributed by atoms with van der Waals surface area (Å²) in [6, 6.07) is 8.64. The summed E-state index contributed by atoms with van der Waals surface area (Å²) in [4.78, 5) is 11.1. The molecule has 0 spiro atoms. The fraction of sp³-hybridized carbons (Fsp3) is 0.333. The minimum atomic E-state index is 0.795. The first-order chi connectivity index (χ1) is 9.13. The van der Waals surface area contributed by atoms with Crippen molar-refractivity contribution >= 4 is 27.4 Å². The molecule has 0 bridgehead atoms. The molecule has 0 saturated heterocycles. The van der Waals surface area contributed by atoms with Crippen LogP contribution in [0.25, 0.3) is 0 Å². The smallest absolute Gasteiger partial charge is 0.137 e. The van der Waals surface area contributed by atoms with Gasteiger partial charge in [0.1, 0.15) is 16.2 Å². The van der Waals surface area contributed by atoms with Gasteiger partial charge in [-0.15, -0.1) is 0 Å². The molecule has 1 aliphatic rings. The number of nitrogens with zero attached hydrogens (tertiary/aromatic N) is 3. The van der Waals surface area contributed by atoms with Gasteiger partial charge in [0.05, 0.1) is 0 Å². The maximum absolute atomic E-state index is 4.56. The van der Waals surface area contributed by atoms with Crippen molar-refractivity contribution in [1.82, 2.24) is 9.97 Å². The highest BCUT2D eigenvalue weighted by molar-refractivity contribution is 9.10. The third kappa shape index (κ3) is 2.50. The van der Waals surface area contributed by atoms with Crippen LogP contribution < -0.4 is 4.90 Å². The fourth-order valence-corrected chi connectivity index (χ4v) is 3.08. The molecule has 2 heterocycles. The van der Waals surface area contributed by atoms with Crippen LogP contribution in [0.3, 0.4) is 0 Å². The molecule has 0 radical (unpaired) electrons. The maximum atomic E-state index is 4.56. The molecule has 1 aliphatic heterocycles. The molecule has 0 amide bonds. The van der Waals surface area contributed by atoms with Gasteiger partial charge in [0.15, 0.2) is 0 Å². The Labute approximate surface area is 121 Å². The quantitative estimate of drug-likeness (QED) is 0.746. The lowest BCUT2D eigenvalue weighted by molar-refractivity contribution is 0.755. The number of anilines is 2. The zero-order chi connectivity index (χ0) is 13.4. The van der Waals surface area contributed by atoms with Gasteiger partial charge < -0.3 is 4.90 Å². The Morgan fingerprint density at radius 3 is 2.79 bits per heavy atom. The Balaban J connectivity index is 2.08. The summed E-state index contributed by atoms with van der Waals surface area (Å²) in [6.07, 6.45) is 2.32. The van der Waals surface area contributed by atoms with Crippen LogP contribution in [0, 0.1) is 13.8 Å². The zero-order valence-corrected chi connectivity index (χ0v) is 12.7. The number of hydrogen-bond acceptors (Lipinski definition) is 3. The summed E-state index contributed by atoms with van der Waals surface area (Å²) in [5, 5.41) is 0. The predicted octanol–water partition coefficient (Wildman–Crippen LogP) is 3.94. The fourth-order valence-electron chi connectivity index (χ4n) is 2.62. The summed E-state index contributed by atoms with van der Waals surface area (Å²) in [5.41, 5.74) is 4.01. The second kappa shape index (κ2) is 4.93. The summed E-state index contributed by atoms with van der Waals surface area (Å²) in [5.74, 6) is 1.77. The Morgan fingerprint density at radius 2 is 2.00 bits per heavy atom. The van der Waals surface area contributed by atoms with Gasteiger partial charge >= 0.3 is 0 Å². The maximum Gasteiger partial charge on any atom is 0.137 e. The molecule has 98 valence electrons. The topological polar surface area (TPSA) is 29.0 Å². The van der Waals surface area contributed by atoms with E-state index in [4.69, 9.17) is 0 Å². The normalized spacial score (nSPS) is 14.4. The van der Waals surface area contributed by atoms with Crippen LogP contribution in [0.1, 0.15) is 23.4 Å². The van der Waals surface area contributed by atoms with Gasteiger partial charge in [-0.3, -0.25) is 0 Å². The van der Waals surface area contributed by atoms with E-state index in [-0.39, 0.29) is 0 Å². The molecule has 0 atom stereocenters. The van der Waals surface area contributed by atoms with Gasteiger partial charge in [-0.25, -0.2) is 9.97 Å². The second-order valence-corrected chi connectivity index (χ2v) is 5.80. The Morgan fingerprint density at radius 1 is 1.16 bits per heavy atom. The molecule has 1 aromatic carbocycles. The molecule has 19 heavy (non-hydrogen) atoms. The minimum absolute atomic E-state index is 0.795. The van der Waals surface area contributed by atoms with E-state index in [9.17, 15) is 0 Å². The third-order valence-electron chi connectivity index (χ3n) is 3.42. The number of halogens is 1. The van der Waals surface area contributed by atoms with E-state index in [0.29, 0.717) is 0 Å². The van der Waals surface area contributed by atoms with Crippen molar-refractivity contribution in [2.24, 2.45) is 0 Å². The second-order valence-electron chi connectivity index (χ2n) is 4.98. The van der Waals surface area contributed by atoms with Crippen LogP contribution in [0.15, 0.2) is 28.9 Å². The summed E-state index contributed by atoms with van der Waals surface area (Å²) < 4.78 is 0.842. The molecule has 0 fully saturated rings. The standard InChI is InChI=1S/C15H16BrN3/c1-10-5-6-13-12(8-10)4-3-7-19(13)15-9-14(16)17-11(2)18-15/h5-6,8-9H,3-4,7H2,1-2H3. The average Bonchev–Trinajstić information content (AvgIpc) is 2.36. The minimum Gasteiger partial charge on any atom is -0.326 e. The van der Waals surface area contributed by atoms with Crippen LogP contribution in [-0.2, 0) is 6.42 Å². The number of rotatable bonds is 1. The van der Waals surface area contributed by atoms with Crippen LogP contribution in [0.2, 0.25) is 0 Å². The van der Waals surface area contributed by atoms with Gasteiger partial charge in [-0.05, 0) is 54.2 Å². The lowest BCUT2D eigenvalue weighted by Crippen LogP contribution is -2.25. The van der Waals surface area contributed by atoms with Crippen molar-refractivity contribution in [3.05, 3.63) is 45.8 Å². The molecule has 2 aromatic rings. The first-order valence-electron chi connectivity index (χ1n) is 6.52. The Bertz CT molecular complexity index is 605. The van der Waals surface area contributed by atoms with E-state index in [1.54, 1.807) is 0 Å². The van der Waals surface area contributed by atoms with Crippen molar-refractivity contribution < 1.29 is 0 Å². The lowest BCUT2D eigenvalue weighted by atomic mass is 9.99. The van der Waals surface area contributed by atoms with Crippen molar-refractivity contribution in [1.29, 1.82) is 0 Å². The van der Waals surface area contributed by atoms with Crippen LogP contribution in [-0.4, -0.2) is 16.5 Å². The van der Waals surface area contributed by atoms with Crippen LogP contribution >= 0.6 is 15.9 Å². The van der Waals surface area contributed by atoms with Gasteiger partial charge in [-0.2, -0.15) is 0 Å². The zero-order valence-electron chi connectivity index (χ0n) is 11.2. The van der Waals surface area contributed by atoms with E-state index < -0.39 is 0 Å². The largest absolute Gasteiger partial charge is 0.326 e. The molecule has 0 unspecified atom stereocenters. The first kappa shape index (κ1) is 12.6. The molecule has 3 nitrogen and oxygen atoms in total. The van der Waals surface area contributed by atoms with E-state index in [1.165, 1.54) is 16.8 Å². The van der Waals surface area contributed by atoms with Crippen LogP contribution in [0.4, 0.5) is 11.5 Å². The van der Waals surface area contributed by atoms with E-state index >= 15 is 0 Å². The highest BCUT2D eigenvalue weighted by Crippen LogP contribution is 2.33. The van der Waals surface area contributed by atoms with Gasteiger partial charge in [0.25, 0.3) is 0 Å². The molecule has 0 N–H and O–H groups in total. The summed E-state index contributed by atoms with van der Waals surface area (Å²) >= 11 is 3.45. The first-order valence-corrected chi connectivity index (χ1v) is 7.31. The average molecular weight is 318 g/mol. The monoisotopic (exact) mass is 317 g/mol. The highest BCUT2D eigenvalue weighted by atomic mass is 79.9. The Hall–Kier alpha value is -1.42. The summed E-state index contributed by atoms with van der Waals surface area (Å²) in [6.45, 7) is 5.08. The third-order valence-corrected chi connectivity index (χ3v) is 3.83. The number of aromatic nitrogens is 2. The molecule has 0 saturated carbocycles. The summed E-state index contributed by atoms with van der Waals surface area (Å²) in [7, 11) is 0. The number of hydrogen-bond donors (Lipinski definition) is 0. The molecule has 0 aliphatic carbocycles. The van der Waals surface area contributed by atoms with Gasteiger partial charge in [0.2, 0.25) is 0 Å². The number of aryl methyl sites for hydroxylation is 3. The van der Waals surface area contributed by atoms with Crippen molar-refractivity contribution in [3.63, 3.8) is 0 Å². The molecule has 4 heteroatoms. The highest BCUT2D eigenvalue weighted by Gasteiger charge is 2.19. The predicted molar refractivity (Wildman–Crippen MR) is 81.0 cm³/mol. The number of fused-ring (bicyclic) bond motifs is 1. The van der Waals surface area contributed by atoms with Crippen molar-refractivity contribution in [3.8, 4) is 0 Å². The van der Waals surface area contributed by atoms with Crippen LogP contribution in [0.5, 0.6) is 0 Å². The molecule has 3 rings (SSSR count). The number of benzene rings is 1. The van der Waals surface area contributed by atoms with E-state index in [1.807, 2.05) is 13.0 Å². The van der Waals surface area contributed by atoms with Gasteiger partial charge in [-0.1, -0.05) is 17.7 Å². The lowest BCUT2D eigenvalue weighted by Gasteiger charge is -2.30. The van der Waals surface area contributed by atoms with Crippen molar-refractivity contribution in [2.75, 3.05) is 11.4 Å². The Kier molecular flexibility index (Phi) is 3.27. The van der Waals surface area contributed by atoms with Crippen molar-refractivity contribution in [2.45, 2.75) is 26.7 Å². The molecular formula is C15H16BrN3. The van der Waals surface area contributed by atoms with E-state index in [0.717, 1.165) is 35.6 Å². The van der Waals surface area contributed by atoms with Gasteiger partial charge in [0, 0.05) is 18.3 Å². The molecule has 1 aromatic heterocycles. The van der Waals surface area contributed by atoms with E-state index in [2.05, 4.69) is 55.9 Å². The molecular weight excluding hydrogens is 302 g/mol.